The maximum absolute atomic E-state index is 13.7. The molecule has 2 atom stereocenters. The third kappa shape index (κ3) is 2.46. The quantitative estimate of drug-likeness (QED) is 0.627. The molecule has 0 spiro atoms. The second kappa shape index (κ2) is 5.08. The van der Waals surface area contributed by atoms with Gasteiger partial charge in [0.1, 0.15) is 11.6 Å². The highest BCUT2D eigenvalue weighted by Gasteiger charge is 2.28. The number of aryl methyl sites for hydroxylation is 1. The summed E-state index contributed by atoms with van der Waals surface area (Å²) in [7, 11) is 0. The van der Waals surface area contributed by atoms with Crippen molar-refractivity contribution in [2.75, 3.05) is 13.2 Å². The maximum Gasteiger partial charge on any atom is 0.130 e. The van der Waals surface area contributed by atoms with E-state index in [0.29, 0.717) is 24.3 Å². The summed E-state index contributed by atoms with van der Waals surface area (Å²) in [4.78, 5) is 0. The van der Waals surface area contributed by atoms with Crippen LogP contribution in [0.5, 0.6) is 0 Å². The fraction of sp³-hybridized carbons (Fsp3) is 0.500. The molecule has 0 aromatic heterocycles. The molecule has 0 bridgehead atoms. The summed E-state index contributed by atoms with van der Waals surface area (Å²) in [5.74, 6) is 4.50. The van der Waals surface area contributed by atoms with Crippen LogP contribution < -0.4 is 11.3 Å². The van der Waals surface area contributed by atoms with Gasteiger partial charge in [-0.15, -0.1) is 0 Å². The minimum Gasteiger partial charge on any atom is -0.381 e. The van der Waals surface area contributed by atoms with Gasteiger partial charge in [-0.3, -0.25) is 11.3 Å². The molecule has 0 amide bonds. The molecule has 3 nitrogen and oxygen atoms in total. The highest BCUT2D eigenvalue weighted by atomic mass is 19.1. The Morgan fingerprint density at radius 3 is 2.76 bits per heavy atom. The molecule has 5 heteroatoms. The zero-order valence-electron chi connectivity index (χ0n) is 9.67. The van der Waals surface area contributed by atoms with E-state index in [9.17, 15) is 8.78 Å². The zero-order valence-corrected chi connectivity index (χ0v) is 9.67. The van der Waals surface area contributed by atoms with Gasteiger partial charge in [0.15, 0.2) is 0 Å². The number of benzene rings is 1. The highest BCUT2D eigenvalue weighted by molar-refractivity contribution is 5.28. The zero-order chi connectivity index (χ0) is 12.4. The molecule has 1 aliphatic heterocycles. The second-order valence-corrected chi connectivity index (χ2v) is 4.39. The summed E-state index contributed by atoms with van der Waals surface area (Å²) >= 11 is 0. The van der Waals surface area contributed by atoms with Crippen LogP contribution in [-0.4, -0.2) is 13.2 Å². The van der Waals surface area contributed by atoms with Gasteiger partial charge in [-0.25, -0.2) is 8.78 Å². The molecule has 0 aliphatic carbocycles. The summed E-state index contributed by atoms with van der Waals surface area (Å²) in [6.07, 6.45) is 0.824. The third-order valence-electron chi connectivity index (χ3n) is 3.23. The number of hydrogen-bond donors (Lipinski definition) is 2. The average Bonchev–Trinajstić information content (AvgIpc) is 2.80. The first-order valence-electron chi connectivity index (χ1n) is 5.63. The van der Waals surface area contributed by atoms with Crippen molar-refractivity contribution in [3.8, 4) is 0 Å². The number of rotatable bonds is 3. The number of hydrazine groups is 1. The van der Waals surface area contributed by atoms with Crippen LogP contribution in [0.25, 0.3) is 0 Å². The standard InChI is InChI=1S/C12H16F2N2O/c1-7-4-9(11(14)5-10(7)13)12(16-15)8-2-3-17-6-8/h4-5,8,12,16H,2-3,6,15H2,1H3. The van der Waals surface area contributed by atoms with Crippen LogP contribution in [0.1, 0.15) is 23.6 Å². The highest BCUT2D eigenvalue weighted by Crippen LogP contribution is 2.30. The van der Waals surface area contributed by atoms with Gasteiger partial charge >= 0.3 is 0 Å². The van der Waals surface area contributed by atoms with Gasteiger partial charge in [-0.1, -0.05) is 0 Å². The van der Waals surface area contributed by atoms with Crippen molar-refractivity contribution in [3.63, 3.8) is 0 Å². The molecule has 0 saturated carbocycles. The van der Waals surface area contributed by atoms with E-state index < -0.39 is 11.6 Å². The molecule has 1 saturated heterocycles. The molecule has 3 N–H and O–H groups in total. The van der Waals surface area contributed by atoms with E-state index in [1.165, 1.54) is 6.07 Å². The predicted octanol–water partition coefficient (Wildman–Crippen LogP) is 1.81. The maximum atomic E-state index is 13.7. The van der Waals surface area contributed by atoms with Crippen molar-refractivity contribution in [2.45, 2.75) is 19.4 Å². The molecule has 1 heterocycles. The summed E-state index contributed by atoms with van der Waals surface area (Å²) in [5.41, 5.74) is 3.43. The number of nitrogens with two attached hydrogens (primary N) is 1. The lowest BCUT2D eigenvalue weighted by molar-refractivity contribution is 0.176. The molecule has 1 aliphatic rings. The Labute approximate surface area is 98.9 Å². The normalized spacial score (nSPS) is 21.8. The molecule has 1 aromatic rings. The lowest BCUT2D eigenvalue weighted by Crippen LogP contribution is -2.34. The van der Waals surface area contributed by atoms with E-state index in [1.807, 2.05) is 0 Å². The Morgan fingerprint density at radius 1 is 1.41 bits per heavy atom. The van der Waals surface area contributed by atoms with Crippen LogP contribution in [0.4, 0.5) is 8.78 Å². The molecule has 2 rings (SSSR count). The lowest BCUT2D eigenvalue weighted by Gasteiger charge is -2.22. The van der Waals surface area contributed by atoms with Crippen molar-refractivity contribution in [1.82, 2.24) is 5.43 Å². The van der Waals surface area contributed by atoms with Gasteiger partial charge in [0.25, 0.3) is 0 Å². The summed E-state index contributed by atoms with van der Waals surface area (Å²) in [6, 6.07) is 2.08. The summed E-state index contributed by atoms with van der Waals surface area (Å²) in [6.45, 7) is 2.81. The van der Waals surface area contributed by atoms with Gasteiger partial charge in [0.2, 0.25) is 0 Å². The van der Waals surface area contributed by atoms with Crippen molar-refractivity contribution < 1.29 is 13.5 Å². The van der Waals surface area contributed by atoms with Crippen LogP contribution in [-0.2, 0) is 4.74 Å². The first-order valence-corrected chi connectivity index (χ1v) is 5.63. The Balaban J connectivity index is 2.32. The lowest BCUT2D eigenvalue weighted by atomic mass is 9.91. The SMILES string of the molecule is Cc1cc(C(NN)C2CCOC2)c(F)cc1F. The largest absolute Gasteiger partial charge is 0.381 e. The second-order valence-electron chi connectivity index (χ2n) is 4.39. The molecule has 2 unspecified atom stereocenters. The van der Waals surface area contributed by atoms with E-state index in [2.05, 4.69) is 5.43 Å². The van der Waals surface area contributed by atoms with Crippen molar-refractivity contribution in [3.05, 3.63) is 34.9 Å². The van der Waals surface area contributed by atoms with E-state index in [0.717, 1.165) is 12.5 Å². The monoisotopic (exact) mass is 242 g/mol. The Morgan fingerprint density at radius 2 is 2.18 bits per heavy atom. The summed E-state index contributed by atoms with van der Waals surface area (Å²) in [5, 5.41) is 0. The van der Waals surface area contributed by atoms with Gasteiger partial charge < -0.3 is 4.74 Å². The van der Waals surface area contributed by atoms with E-state index in [1.54, 1.807) is 6.92 Å². The van der Waals surface area contributed by atoms with Crippen LogP contribution in [0.15, 0.2) is 12.1 Å². The first-order chi connectivity index (χ1) is 8.13. The molecule has 94 valence electrons. The number of hydrogen-bond acceptors (Lipinski definition) is 3. The van der Waals surface area contributed by atoms with E-state index in [4.69, 9.17) is 10.6 Å². The first kappa shape index (κ1) is 12.4. The molecule has 1 fully saturated rings. The average molecular weight is 242 g/mol. The van der Waals surface area contributed by atoms with Crippen LogP contribution in [0.3, 0.4) is 0 Å². The van der Waals surface area contributed by atoms with Gasteiger partial charge in [-0.05, 0) is 25.0 Å². The Hall–Kier alpha value is -1.04. The van der Waals surface area contributed by atoms with Gasteiger partial charge in [0.05, 0.1) is 12.6 Å². The van der Waals surface area contributed by atoms with Crippen molar-refractivity contribution >= 4 is 0 Å². The fourth-order valence-corrected chi connectivity index (χ4v) is 2.21. The smallest absolute Gasteiger partial charge is 0.130 e. The third-order valence-corrected chi connectivity index (χ3v) is 3.23. The molecular formula is C12H16F2N2O. The Bertz CT molecular complexity index is 406. The predicted molar refractivity (Wildman–Crippen MR) is 60.1 cm³/mol. The van der Waals surface area contributed by atoms with Gasteiger partial charge in [-0.2, -0.15) is 0 Å². The number of halogens is 2. The molecule has 17 heavy (non-hydrogen) atoms. The molecular weight excluding hydrogens is 226 g/mol. The molecule has 1 aromatic carbocycles. The minimum atomic E-state index is -0.567. The number of ether oxygens (including phenoxy) is 1. The van der Waals surface area contributed by atoms with E-state index >= 15 is 0 Å². The van der Waals surface area contributed by atoms with Crippen molar-refractivity contribution in [2.24, 2.45) is 11.8 Å². The fourth-order valence-electron chi connectivity index (χ4n) is 2.21. The minimum absolute atomic E-state index is 0.124. The van der Waals surface area contributed by atoms with Crippen LogP contribution in [0.2, 0.25) is 0 Å². The topological polar surface area (TPSA) is 47.3 Å². The van der Waals surface area contributed by atoms with Crippen LogP contribution >= 0.6 is 0 Å². The van der Waals surface area contributed by atoms with Crippen LogP contribution in [0, 0.1) is 24.5 Å². The summed E-state index contributed by atoms with van der Waals surface area (Å²) < 4.78 is 32.2. The molecule has 0 radical (unpaired) electrons. The number of nitrogens with one attached hydrogen (secondary N) is 1. The Kier molecular flexibility index (Phi) is 3.71. The van der Waals surface area contributed by atoms with Crippen molar-refractivity contribution in [1.29, 1.82) is 0 Å². The van der Waals surface area contributed by atoms with E-state index in [-0.39, 0.29) is 12.0 Å². The van der Waals surface area contributed by atoms with Gasteiger partial charge in [0, 0.05) is 24.2 Å².